The predicted octanol–water partition coefficient (Wildman–Crippen LogP) is 5.43. The third-order valence-corrected chi connectivity index (χ3v) is 4.33. The molecule has 0 N–H and O–H groups in total. The summed E-state index contributed by atoms with van der Waals surface area (Å²) >= 11 is 0. The van der Waals surface area contributed by atoms with E-state index in [4.69, 9.17) is 9.15 Å². The summed E-state index contributed by atoms with van der Waals surface area (Å²) < 4.78 is 11.2. The molecule has 0 spiro atoms. The van der Waals surface area contributed by atoms with Gasteiger partial charge in [-0.1, -0.05) is 54.5 Å². The van der Waals surface area contributed by atoms with Crippen molar-refractivity contribution in [2.24, 2.45) is 0 Å². The van der Waals surface area contributed by atoms with Crippen LogP contribution in [0.4, 0.5) is 0 Å². The number of fused-ring (bicyclic) bond motifs is 1. The van der Waals surface area contributed by atoms with E-state index in [1.165, 1.54) is 5.56 Å². The lowest BCUT2D eigenvalue weighted by atomic mass is 10.0. The van der Waals surface area contributed by atoms with Gasteiger partial charge in [0.1, 0.15) is 11.3 Å². The molecule has 4 aromatic rings. The smallest absolute Gasteiger partial charge is 0.182 e. The van der Waals surface area contributed by atoms with E-state index in [0.717, 1.165) is 40.0 Å². The van der Waals surface area contributed by atoms with Crippen molar-refractivity contribution in [1.82, 2.24) is 0 Å². The molecule has 4 rings (SSSR count). The molecule has 1 aromatic heterocycles. The van der Waals surface area contributed by atoms with Crippen molar-refractivity contribution in [3.8, 4) is 17.6 Å². The highest BCUT2D eigenvalue weighted by molar-refractivity contribution is 5.83. The minimum absolute atomic E-state index is 0.728. The van der Waals surface area contributed by atoms with Crippen LogP contribution in [0, 0.1) is 11.8 Å². The highest BCUT2D eigenvalue weighted by atomic mass is 16.5. The van der Waals surface area contributed by atoms with Gasteiger partial charge < -0.3 is 9.15 Å². The summed E-state index contributed by atoms with van der Waals surface area (Å²) in [5.41, 5.74) is 4.17. The van der Waals surface area contributed by atoms with E-state index in [-0.39, 0.29) is 0 Å². The molecule has 0 amide bonds. The van der Waals surface area contributed by atoms with Crippen molar-refractivity contribution in [2.45, 2.75) is 6.42 Å². The summed E-state index contributed by atoms with van der Waals surface area (Å²) in [4.78, 5) is 0. The van der Waals surface area contributed by atoms with Gasteiger partial charge in [-0.3, -0.25) is 0 Å². The SMILES string of the molecule is COc1ccc(C#Cc2oc3ccccc3c2Cc2ccccc2)cc1. The van der Waals surface area contributed by atoms with Gasteiger partial charge in [0, 0.05) is 22.9 Å². The molecule has 0 aliphatic heterocycles. The number of para-hydroxylation sites is 1. The number of hydrogen-bond donors (Lipinski definition) is 0. The molecule has 1 heterocycles. The molecule has 0 fully saturated rings. The van der Waals surface area contributed by atoms with Crippen molar-refractivity contribution < 1.29 is 9.15 Å². The third-order valence-electron chi connectivity index (χ3n) is 4.33. The van der Waals surface area contributed by atoms with Crippen molar-refractivity contribution in [3.05, 3.63) is 101 Å². The Bertz CT molecular complexity index is 1080. The summed E-state index contributed by atoms with van der Waals surface area (Å²) in [6.07, 6.45) is 0.796. The number of furan rings is 1. The summed E-state index contributed by atoms with van der Waals surface area (Å²) in [5, 5.41) is 1.12. The molecule has 0 radical (unpaired) electrons. The van der Waals surface area contributed by atoms with Gasteiger partial charge in [-0.25, -0.2) is 0 Å². The van der Waals surface area contributed by atoms with Crippen molar-refractivity contribution in [3.63, 3.8) is 0 Å². The molecule has 0 atom stereocenters. The molecule has 0 aliphatic carbocycles. The third kappa shape index (κ3) is 3.34. The highest BCUT2D eigenvalue weighted by Gasteiger charge is 2.12. The Kier molecular flexibility index (Phi) is 4.45. The number of benzene rings is 3. The lowest BCUT2D eigenvalue weighted by Gasteiger charge is -2.00. The highest BCUT2D eigenvalue weighted by Crippen LogP contribution is 2.27. The van der Waals surface area contributed by atoms with Gasteiger partial charge >= 0.3 is 0 Å². The van der Waals surface area contributed by atoms with Crippen LogP contribution in [0.3, 0.4) is 0 Å². The van der Waals surface area contributed by atoms with Crippen LogP contribution in [0.1, 0.15) is 22.5 Å². The summed E-state index contributed by atoms with van der Waals surface area (Å²) in [6, 6.07) is 26.2. The average Bonchev–Trinajstić information content (AvgIpc) is 3.05. The maximum atomic E-state index is 6.04. The van der Waals surface area contributed by atoms with E-state index in [0.29, 0.717) is 0 Å². The largest absolute Gasteiger partial charge is 0.497 e. The van der Waals surface area contributed by atoms with Crippen LogP contribution < -0.4 is 4.74 Å². The van der Waals surface area contributed by atoms with Crippen LogP contribution in [-0.2, 0) is 6.42 Å². The first-order valence-corrected chi connectivity index (χ1v) is 8.54. The lowest BCUT2D eigenvalue weighted by Crippen LogP contribution is -1.89. The summed E-state index contributed by atoms with van der Waals surface area (Å²) in [5.74, 6) is 7.97. The van der Waals surface area contributed by atoms with Gasteiger partial charge in [0.2, 0.25) is 0 Å². The zero-order valence-electron chi connectivity index (χ0n) is 14.5. The van der Waals surface area contributed by atoms with Crippen LogP contribution in [0.15, 0.2) is 83.3 Å². The van der Waals surface area contributed by atoms with Gasteiger partial charge in [-0.15, -0.1) is 0 Å². The van der Waals surface area contributed by atoms with Crippen LogP contribution in [-0.4, -0.2) is 7.11 Å². The normalized spacial score (nSPS) is 10.3. The van der Waals surface area contributed by atoms with Gasteiger partial charge in [0.15, 0.2) is 5.76 Å². The molecule has 26 heavy (non-hydrogen) atoms. The average molecular weight is 338 g/mol. The number of rotatable bonds is 3. The molecule has 3 aromatic carbocycles. The molecule has 126 valence electrons. The fourth-order valence-corrected chi connectivity index (χ4v) is 2.98. The minimum Gasteiger partial charge on any atom is -0.497 e. The molecule has 2 nitrogen and oxygen atoms in total. The molecular formula is C24H18O2. The zero-order valence-corrected chi connectivity index (χ0v) is 14.5. The fraction of sp³-hybridized carbons (Fsp3) is 0.0833. The Hall–Kier alpha value is -3.44. The molecular weight excluding hydrogens is 320 g/mol. The molecule has 2 heteroatoms. The van der Waals surface area contributed by atoms with E-state index >= 15 is 0 Å². The van der Waals surface area contributed by atoms with Gasteiger partial charge in [-0.05, 0) is 41.8 Å². The Balaban J connectivity index is 1.74. The molecule has 0 bridgehead atoms. The van der Waals surface area contributed by atoms with Crippen molar-refractivity contribution in [1.29, 1.82) is 0 Å². The van der Waals surface area contributed by atoms with Crippen LogP contribution in [0.25, 0.3) is 11.0 Å². The number of hydrogen-bond acceptors (Lipinski definition) is 2. The summed E-state index contributed by atoms with van der Waals surface area (Å²) in [7, 11) is 1.66. The van der Waals surface area contributed by atoms with E-state index < -0.39 is 0 Å². The monoisotopic (exact) mass is 338 g/mol. The van der Waals surface area contributed by atoms with E-state index in [2.05, 4.69) is 42.2 Å². The molecule has 0 unspecified atom stereocenters. The van der Waals surface area contributed by atoms with Crippen LogP contribution in [0.5, 0.6) is 5.75 Å². The second-order valence-electron chi connectivity index (χ2n) is 6.05. The molecule has 0 saturated heterocycles. The second-order valence-corrected chi connectivity index (χ2v) is 6.05. The summed E-state index contributed by atoms with van der Waals surface area (Å²) in [6.45, 7) is 0. The Labute approximate surface area is 153 Å². The first kappa shape index (κ1) is 16.1. The van der Waals surface area contributed by atoms with E-state index in [1.807, 2.05) is 48.5 Å². The van der Waals surface area contributed by atoms with Crippen LogP contribution in [0.2, 0.25) is 0 Å². The van der Waals surface area contributed by atoms with Crippen molar-refractivity contribution in [2.75, 3.05) is 7.11 Å². The Morgan fingerprint density at radius 2 is 1.54 bits per heavy atom. The maximum Gasteiger partial charge on any atom is 0.182 e. The fourth-order valence-electron chi connectivity index (χ4n) is 2.98. The zero-order chi connectivity index (χ0) is 17.8. The Morgan fingerprint density at radius 1 is 0.808 bits per heavy atom. The quantitative estimate of drug-likeness (QED) is 0.465. The second kappa shape index (κ2) is 7.21. The number of methoxy groups -OCH3 is 1. The van der Waals surface area contributed by atoms with Gasteiger partial charge in [0.05, 0.1) is 7.11 Å². The topological polar surface area (TPSA) is 22.4 Å². The standard InChI is InChI=1S/C24H18O2/c1-25-20-14-11-18(12-15-20)13-16-24-22(17-19-7-3-2-4-8-19)21-9-5-6-10-23(21)26-24/h2-12,14-15H,17H2,1H3. The van der Waals surface area contributed by atoms with Crippen LogP contribution >= 0.6 is 0 Å². The predicted molar refractivity (Wildman–Crippen MR) is 104 cm³/mol. The lowest BCUT2D eigenvalue weighted by molar-refractivity contribution is 0.415. The minimum atomic E-state index is 0.728. The Morgan fingerprint density at radius 3 is 2.31 bits per heavy atom. The molecule has 0 saturated carbocycles. The first-order valence-electron chi connectivity index (χ1n) is 8.54. The first-order chi connectivity index (χ1) is 12.8. The van der Waals surface area contributed by atoms with E-state index in [9.17, 15) is 0 Å². The van der Waals surface area contributed by atoms with Crippen molar-refractivity contribution >= 4 is 11.0 Å². The molecule has 0 aliphatic rings. The maximum absolute atomic E-state index is 6.04. The van der Waals surface area contributed by atoms with E-state index in [1.54, 1.807) is 7.11 Å². The number of ether oxygens (including phenoxy) is 1. The van der Waals surface area contributed by atoms with Gasteiger partial charge in [0.25, 0.3) is 0 Å². The van der Waals surface area contributed by atoms with Gasteiger partial charge in [-0.2, -0.15) is 0 Å².